The Balaban J connectivity index is 2.07. The average Bonchev–Trinajstić information content (AvgIpc) is 2.46. The highest BCUT2D eigenvalue weighted by molar-refractivity contribution is 5.47. The zero-order valence-corrected chi connectivity index (χ0v) is 11.9. The highest BCUT2D eigenvalue weighted by Gasteiger charge is 2.03. The van der Waals surface area contributed by atoms with Gasteiger partial charge in [-0.25, -0.2) is 0 Å². The van der Waals surface area contributed by atoms with Gasteiger partial charge in [0.05, 0.1) is 7.11 Å². The Bertz CT molecular complexity index is 531. The second-order valence-electron chi connectivity index (χ2n) is 4.72. The molecule has 2 heteroatoms. The minimum absolute atomic E-state index is 0.774. The third kappa shape index (κ3) is 3.50. The number of hydrogen-bond donors (Lipinski definition) is 1. The highest BCUT2D eigenvalue weighted by Crippen LogP contribution is 2.21. The Labute approximate surface area is 115 Å². The predicted molar refractivity (Wildman–Crippen MR) is 80.9 cm³/mol. The summed E-state index contributed by atoms with van der Waals surface area (Å²) in [4.78, 5) is 0. The summed E-state index contributed by atoms with van der Waals surface area (Å²) >= 11 is 0. The Kier molecular flexibility index (Phi) is 4.45. The standard InChI is InChI=1S/C17H21NO/c1-4-14-6-8-16(9-7-14)18-12-15-11-13(2)5-10-17(15)19-3/h5-11,18H,4,12H2,1-3H3. The van der Waals surface area contributed by atoms with Gasteiger partial charge < -0.3 is 10.1 Å². The van der Waals surface area contributed by atoms with Crippen LogP contribution in [-0.4, -0.2) is 7.11 Å². The lowest BCUT2D eigenvalue weighted by atomic mass is 10.1. The quantitative estimate of drug-likeness (QED) is 0.865. The molecule has 2 nitrogen and oxygen atoms in total. The topological polar surface area (TPSA) is 21.3 Å². The molecule has 0 fully saturated rings. The molecule has 0 saturated carbocycles. The second-order valence-corrected chi connectivity index (χ2v) is 4.72. The van der Waals surface area contributed by atoms with Gasteiger partial charge >= 0.3 is 0 Å². The van der Waals surface area contributed by atoms with Gasteiger partial charge in [-0.2, -0.15) is 0 Å². The summed E-state index contributed by atoms with van der Waals surface area (Å²) in [5.74, 6) is 0.934. The largest absolute Gasteiger partial charge is 0.496 e. The van der Waals surface area contributed by atoms with E-state index in [1.807, 2.05) is 6.07 Å². The van der Waals surface area contributed by atoms with E-state index in [1.54, 1.807) is 7.11 Å². The first-order chi connectivity index (χ1) is 9.22. The predicted octanol–water partition coefficient (Wildman–Crippen LogP) is 4.18. The highest BCUT2D eigenvalue weighted by atomic mass is 16.5. The van der Waals surface area contributed by atoms with Gasteiger partial charge in [-0.1, -0.05) is 36.8 Å². The first-order valence-corrected chi connectivity index (χ1v) is 6.69. The van der Waals surface area contributed by atoms with E-state index in [2.05, 4.69) is 55.6 Å². The molecule has 0 aliphatic carbocycles. The van der Waals surface area contributed by atoms with Crippen LogP contribution in [0.1, 0.15) is 23.6 Å². The third-order valence-electron chi connectivity index (χ3n) is 3.28. The average molecular weight is 255 g/mol. The number of methoxy groups -OCH3 is 1. The number of hydrogen-bond acceptors (Lipinski definition) is 2. The van der Waals surface area contributed by atoms with Crippen LogP contribution in [0, 0.1) is 6.92 Å². The maximum Gasteiger partial charge on any atom is 0.123 e. The fraction of sp³-hybridized carbons (Fsp3) is 0.294. The van der Waals surface area contributed by atoms with E-state index >= 15 is 0 Å². The lowest BCUT2D eigenvalue weighted by Crippen LogP contribution is -2.02. The van der Waals surface area contributed by atoms with Crippen LogP contribution in [0.2, 0.25) is 0 Å². The molecule has 0 bridgehead atoms. The smallest absolute Gasteiger partial charge is 0.123 e. The van der Waals surface area contributed by atoms with Crippen molar-refractivity contribution in [3.05, 3.63) is 59.2 Å². The van der Waals surface area contributed by atoms with Crippen LogP contribution in [0.3, 0.4) is 0 Å². The number of rotatable bonds is 5. The fourth-order valence-corrected chi connectivity index (χ4v) is 2.10. The number of nitrogens with one attached hydrogen (secondary N) is 1. The van der Waals surface area contributed by atoms with Crippen LogP contribution >= 0.6 is 0 Å². The summed E-state index contributed by atoms with van der Waals surface area (Å²) in [6.45, 7) is 5.04. The number of ether oxygens (including phenoxy) is 1. The van der Waals surface area contributed by atoms with E-state index in [0.29, 0.717) is 0 Å². The van der Waals surface area contributed by atoms with Crippen LogP contribution in [0.4, 0.5) is 5.69 Å². The molecule has 0 atom stereocenters. The zero-order chi connectivity index (χ0) is 13.7. The van der Waals surface area contributed by atoms with E-state index in [1.165, 1.54) is 16.7 Å². The van der Waals surface area contributed by atoms with Crippen molar-refractivity contribution in [3.63, 3.8) is 0 Å². The van der Waals surface area contributed by atoms with Crippen molar-refractivity contribution in [3.8, 4) is 5.75 Å². The van der Waals surface area contributed by atoms with Crippen molar-refractivity contribution in [1.29, 1.82) is 0 Å². The minimum Gasteiger partial charge on any atom is -0.496 e. The molecule has 1 N–H and O–H groups in total. The molecule has 0 amide bonds. The maximum atomic E-state index is 5.39. The lowest BCUT2D eigenvalue weighted by Gasteiger charge is -2.11. The van der Waals surface area contributed by atoms with Crippen molar-refractivity contribution in [1.82, 2.24) is 0 Å². The molecule has 2 rings (SSSR count). The summed E-state index contributed by atoms with van der Waals surface area (Å²) in [6.07, 6.45) is 1.08. The normalized spacial score (nSPS) is 10.3. The van der Waals surface area contributed by atoms with Crippen molar-refractivity contribution < 1.29 is 4.74 Å². The molecule has 0 aromatic heterocycles. The van der Waals surface area contributed by atoms with Crippen LogP contribution < -0.4 is 10.1 Å². The van der Waals surface area contributed by atoms with Gasteiger partial charge in [0.1, 0.15) is 5.75 Å². The first kappa shape index (κ1) is 13.5. The van der Waals surface area contributed by atoms with Crippen LogP contribution in [0.5, 0.6) is 5.75 Å². The molecule has 0 spiro atoms. The Morgan fingerprint density at radius 3 is 2.42 bits per heavy atom. The monoisotopic (exact) mass is 255 g/mol. The molecule has 0 heterocycles. The summed E-state index contributed by atoms with van der Waals surface area (Å²) in [6, 6.07) is 14.8. The van der Waals surface area contributed by atoms with Crippen LogP contribution in [0.25, 0.3) is 0 Å². The molecule has 0 aliphatic heterocycles. The van der Waals surface area contributed by atoms with E-state index in [4.69, 9.17) is 4.74 Å². The lowest BCUT2D eigenvalue weighted by molar-refractivity contribution is 0.410. The van der Waals surface area contributed by atoms with Crippen molar-refractivity contribution in [2.24, 2.45) is 0 Å². The van der Waals surface area contributed by atoms with E-state index < -0.39 is 0 Å². The number of anilines is 1. The van der Waals surface area contributed by atoms with Crippen LogP contribution in [-0.2, 0) is 13.0 Å². The molecule has 2 aromatic carbocycles. The summed E-state index contributed by atoms with van der Waals surface area (Å²) in [5, 5.41) is 3.43. The van der Waals surface area contributed by atoms with Gasteiger partial charge in [0.25, 0.3) is 0 Å². The molecule has 0 unspecified atom stereocenters. The van der Waals surface area contributed by atoms with Crippen molar-refractivity contribution in [2.45, 2.75) is 26.8 Å². The van der Waals surface area contributed by atoms with Gasteiger partial charge in [-0.3, -0.25) is 0 Å². The Hall–Kier alpha value is -1.96. The minimum atomic E-state index is 0.774. The second kappa shape index (κ2) is 6.28. The molecule has 0 saturated heterocycles. The SMILES string of the molecule is CCc1ccc(NCc2cc(C)ccc2OC)cc1. The van der Waals surface area contributed by atoms with E-state index in [0.717, 1.165) is 24.4 Å². The summed E-state index contributed by atoms with van der Waals surface area (Å²) < 4.78 is 5.39. The Morgan fingerprint density at radius 2 is 1.79 bits per heavy atom. The molecule has 19 heavy (non-hydrogen) atoms. The number of aryl methyl sites for hydroxylation is 2. The van der Waals surface area contributed by atoms with E-state index in [-0.39, 0.29) is 0 Å². The van der Waals surface area contributed by atoms with Crippen molar-refractivity contribution >= 4 is 5.69 Å². The maximum absolute atomic E-state index is 5.39. The molecule has 0 aliphatic rings. The van der Waals surface area contributed by atoms with Gasteiger partial charge in [-0.15, -0.1) is 0 Å². The fourth-order valence-electron chi connectivity index (χ4n) is 2.10. The van der Waals surface area contributed by atoms with Crippen molar-refractivity contribution in [2.75, 3.05) is 12.4 Å². The molecular weight excluding hydrogens is 234 g/mol. The zero-order valence-electron chi connectivity index (χ0n) is 11.9. The van der Waals surface area contributed by atoms with Gasteiger partial charge in [-0.05, 0) is 37.1 Å². The first-order valence-electron chi connectivity index (χ1n) is 6.69. The van der Waals surface area contributed by atoms with Crippen LogP contribution in [0.15, 0.2) is 42.5 Å². The van der Waals surface area contributed by atoms with E-state index in [9.17, 15) is 0 Å². The molecular formula is C17H21NO. The Morgan fingerprint density at radius 1 is 1.05 bits per heavy atom. The third-order valence-corrected chi connectivity index (χ3v) is 3.28. The van der Waals surface area contributed by atoms with Gasteiger partial charge in [0.2, 0.25) is 0 Å². The molecule has 2 aromatic rings. The molecule has 0 radical (unpaired) electrons. The molecule has 100 valence electrons. The number of benzene rings is 2. The van der Waals surface area contributed by atoms with Gasteiger partial charge in [0, 0.05) is 17.8 Å². The summed E-state index contributed by atoms with van der Waals surface area (Å²) in [7, 11) is 1.71. The van der Waals surface area contributed by atoms with Gasteiger partial charge in [0.15, 0.2) is 0 Å². The summed E-state index contributed by atoms with van der Waals surface area (Å²) in [5.41, 5.74) is 4.93.